The third-order valence-corrected chi connectivity index (χ3v) is 7.39. The second kappa shape index (κ2) is 9.81. The Kier molecular flexibility index (Phi) is 7.39. The van der Waals surface area contributed by atoms with Crippen LogP contribution in [0.5, 0.6) is 5.75 Å². The van der Waals surface area contributed by atoms with Crippen LogP contribution < -0.4 is 10.1 Å². The smallest absolute Gasteiger partial charge is 0.243 e. The lowest BCUT2D eigenvalue weighted by molar-refractivity contribution is -0.126. The SMILES string of the molecule is CCOc1ccc(S(=O)(=O)N2CCC[C@H](C(=O)N[C@@H](C)c3ccc(Cl)cc3)C2)cc1. The Hall–Kier alpha value is -2.09. The van der Waals surface area contributed by atoms with Crippen LogP contribution in [0.25, 0.3) is 0 Å². The number of sulfonamides is 1. The molecule has 2 aromatic rings. The Balaban J connectivity index is 1.66. The molecule has 162 valence electrons. The Morgan fingerprint density at radius 3 is 2.50 bits per heavy atom. The predicted molar refractivity (Wildman–Crippen MR) is 117 cm³/mol. The van der Waals surface area contributed by atoms with Gasteiger partial charge in [-0.15, -0.1) is 0 Å². The number of hydrogen-bond acceptors (Lipinski definition) is 4. The van der Waals surface area contributed by atoms with Crippen LogP contribution in [0.3, 0.4) is 0 Å². The lowest BCUT2D eigenvalue weighted by Crippen LogP contribution is -2.45. The maximum absolute atomic E-state index is 13.0. The van der Waals surface area contributed by atoms with Crippen LogP contribution in [0.1, 0.15) is 38.3 Å². The molecular weight excluding hydrogens is 424 g/mol. The van der Waals surface area contributed by atoms with E-state index >= 15 is 0 Å². The molecule has 8 heteroatoms. The average Bonchev–Trinajstić information content (AvgIpc) is 2.75. The van der Waals surface area contributed by atoms with Gasteiger partial charge in [-0.3, -0.25) is 4.79 Å². The third kappa shape index (κ3) is 5.33. The molecule has 6 nitrogen and oxygen atoms in total. The molecule has 0 saturated carbocycles. The van der Waals surface area contributed by atoms with Gasteiger partial charge >= 0.3 is 0 Å². The fourth-order valence-corrected chi connectivity index (χ4v) is 5.21. The fourth-order valence-electron chi connectivity index (χ4n) is 3.56. The number of rotatable bonds is 7. The Bertz CT molecular complexity index is 962. The highest BCUT2D eigenvalue weighted by Crippen LogP contribution is 2.26. The largest absolute Gasteiger partial charge is 0.494 e. The number of hydrogen-bond donors (Lipinski definition) is 1. The minimum Gasteiger partial charge on any atom is -0.494 e. The van der Waals surface area contributed by atoms with E-state index in [4.69, 9.17) is 16.3 Å². The van der Waals surface area contributed by atoms with Crippen LogP contribution >= 0.6 is 11.6 Å². The summed E-state index contributed by atoms with van der Waals surface area (Å²) in [6.07, 6.45) is 1.30. The van der Waals surface area contributed by atoms with Crippen molar-refractivity contribution in [2.75, 3.05) is 19.7 Å². The van der Waals surface area contributed by atoms with Crippen molar-refractivity contribution < 1.29 is 17.9 Å². The molecular formula is C22H27ClN2O4S. The number of benzene rings is 2. The summed E-state index contributed by atoms with van der Waals surface area (Å²) in [5, 5.41) is 3.64. The first kappa shape index (κ1) is 22.6. The molecule has 3 rings (SSSR count). The highest BCUT2D eigenvalue weighted by Gasteiger charge is 2.33. The van der Waals surface area contributed by atoms with Crippen molar-refractivity contribution in [1.29, 1.82) is 0 Å². The second-order valence-corrected chi connectivity index (χ2v) is 9.76. The maximum atomic E-state index is 13.0. The van der Waals surface area contributed by atoms with Gasteiger partial charge in [0, 0.05) is 18.1 Å². The first-order valence-electron chi connectivity index (χ1n) is 10.1. The van der Waals surface area contributed by atoms with E-state index in [1.165, 1.54) is 4.31 Å². The van der Waals surface area contributed by atoms with Crippen molar-refractivity contribution in [3.05, 3.63) is 59.1 Å². The van der Waals surface area contributed by atoms with E-state index in [-0.39, 0.29) is 29.3 Å². The van der Waals surface area contributed by atoms with Crippen molar-refractivity contribution >= 4 is 27.5 Å². The van der Waals surface area contributed by atoms with E-state index in [9.17, 15) is 13.2 Å². The molecule has 2 aromatic carbocycles. The van der Waals surface area contributed by atoms with Gasteiger partial charge in [-0.1, -0.05) is 23.7 Å². The molecule has 1 aliphatic heterocycles. The molecule has 2 atom stereocenters. The molecule has 1 aliphatic rings. The van der Waals surface area contributed by atoms with E-state index in [2.05, 4.69) is 5.32 Å². The summed E-state index contributed by atoms with van der Waals surface area (Å²) in [4.78, 5) is 13.0. The molecule has 0 aliphatic carbocycles. The van der Waals surface area contributed by atoms with Crippen molar-refractivity contribution in [1.82, 2.24) is 9.62 Å². The van der Waals surface area contributed by atoms with Crippen LogP contribution in [0.4, 0.5) is 0 Å². The quantitative estimate of drug-likeness (QED) is 0.691. The third-order valence-electron chi connectivity index (χ3n) is 5.26. The summed E-state index contributed by atoms with van der Waals surface area (Å²) in [6.45, 7) is 4.88. The Morgan fingerprint density at radius 2 is 1.87 bits per heavy atom. The highest BCUT2D eigenvalue weighted by molar-refractivity contribution is 7.89. The average molecular weight is 451 g/mol. The molecule has 0 aromatic heterocycles. The zero-order valence-corrected chi connectivity index (χ0v) is 18.7. The van der Waals surface area contributed by atoms with Crippen LogP contribution in [-0.2, 0) is 14.8 Å². The van der Waals surface area contributed by atoms with E-state index < -0.39 is 10.0 Å². The van der Waals surface area contributed by atoms with Crippen LogP contribution in [0, 0.1) is 5.92 Å². The summed E-state index contributed by atoms with van der Waals surface area (Å²) >= 11 is 5.92. The molecule has 1 N–H and O–H groups in total. The van der Waals surface area contributed by atoms with Gasteiger partial charge in [0.1, 0.15) is 5.75 Å². The minimum absolute atomic E-state index is 0.135. The molecule has 0 bridgehead atoms. The topological polar surface area (TPSA) is 75.7 Å². The second-order valence-electron chi connectivity index (χ2n) is 7.39. The number of halogens is 1. The van der Waals surface area contributed by atoms with E-state index in [1.807, 2.05) is 26.0 Å². The zero-order chi connectivity index (χ0) is 21.7. The number of amides is 1. The van der Waals surface area contributed by atoms with Gasteiger partial charge in [0.05, 0.1) is 23.5 Å². The van der Waals surface area contributed by atoms with E-state index in [0.29, 0.717) is 36.8 Å². The summed E-state index contributed by atoms with van der Waals surface area (Å²) in [5.41, 5.74) is 0.947. The normalized spacial score (nSPS) is 18.6. The van der Waals surface area contributed by atoms with Gasteiger partial charge in [-0.05, 0) is 68.7 Å². The summed E-state index contributed by atoms with van der Waals surface area (Å²) < 4.78 is 32.9. The van der Waals surface area contributed by atoms with Gasteiger partial charge in [-0.25, -0.2) is 8.42 Å². The lowest BCUT2D eigenvalue weighted by atomic mass is 9.98. The Morgan fingerprint density at radius 1 is 1.20 bits per heavy atom. The zero-order valence-electron chi connectivity index (χ0n) is 17.2. The molecule has 0 radical (unpaired) electrons. The Labute approximate surface area is 183 Å². The van der Waals surface area contributed by atoms with Crippen molar-refractivity contribution in [3.8, 4) is 5.75 Å². The van der Waals surface area contributed by atoms with Crippen molar-refractivity contribution in [2.24, 2.45) is 5.92 Å². The summed E-state index contributed by atoms with van der Waals surface area (Å²) in [5.74, 6) is 0.110. The van der Waals surface area contributed by atoms with Gasteiger partial charge < -0.3 is 10.1 Å². The van der Waals surface area contributed by atoms with Gasteiger partial charge in [0.25, 0.3) is 0 Å². The number of ether oxygens (including phenoxy) is 1. The molecule has 0 unspecified atom stereocenters. The lowest BCUT2D eigenvalue weighted by Gasteiger charge is -2.32. The van der Waals surface area contributed by atoms with Gasteiger partial charge in [-0.2, -0.15) is 4.31 Å². The molecule has 1 saturated heterocycles. The van der Waals surface area contributed by atoms with Crippen molar-refractivity contribution in [2.45, 2.75) is 37.6 Å². The van der Waals surface area contributed by atoms with E-state index in [0.717, 1.165) is 5.56 Å². The molecule has 0 spiro atoms. The first-order chi connectivity index (χ1) is 14.3. The number of carbonyl (C=O) groups is 1. The van der Waals surface area contributed by atoms with E-state index in [1.54, 1.807) is 36.4 Å². The van der Waals surface area contributed by atoms with Gasteiger partial charge in [0.2, 0.25) is 15.9 Å². The van der Waals surface area contributed by atoms with Crippen LogP contribution in [0.2, 0.25) is 5.02 Å². The summed E-state index contributed by atoms with van der Waals surface area (Å²) in [7, 11) is -3.66. The molecule has 30 heavy (non-hydrogen) atoms. The fraction of sp³-hybridized carbons (Fsp3) is 0.409. The van der Waals surface area contributed by atoms with Crippen molar-refractivity contribution in [3.63, 3.8) is 0 Å². The first-order valence-corrected chi connectivity index (χ1v) is 11.9. The predicted octanol–water partition coefficient (Wildman–Crippen LogP) is 4.02. The van der Waals surface area contributed by atoms with Gasteiger partial charge in [0.15, 0.2) is 0 Å². The number of piperidine rings is 1. The molecule has 1 heterocycles. The minimum atomic E-state index is -3.66. The van der Waals surface area contributed by atoms with Crippen LogP contribution in [-0.4, -0.2) is 38.3 Å². The molecule has 1 fully saturated rings. The highest BCUT2D eigenvalue weighted by atomic mass is 35.5. The maximum Gasteiger partial charge on any atom is 0.243 e. The standard InChI is InChI=1S/C22H27ClN2O4S/c1-3-29-20-10-12-21(13-11-20)30(27,28)25-14-4-5-18(15-25)22(26)24-16(2)17-6-8-19(23)9-7-17/h6-13,16,18H,3-5,14-15H2,1-2H3,(H,24,26)/t16-,18-/m0/s1. The number of nitrogens with one attached hydrogen (secondary N) is 1. The summed E-state index contributed by atoms with van der Waals surface area (Å²) in [6, 6.07) is 13.5. The van der Waals surface area contributed by atoms with Crippen LogP contribution in [0.15, 0.2) is 53.4 Å². The monoisotopic (exact) mass is 450 g/mol. The number of nitrogens with zero attached hydrogens (tertiary/aromatic N) is 1. The molecule has 1 amide bonds. The number of carbonyl (C=O) groups excluding carboxylic acids is 1.